The van der Waals surface area contributed by atoms with E-state index in [2.05, 4.69) is 31.3 Å². The SMILES string of the molecule is NC(Cc1csc(-c2ccc(Br)cn2)n1)c1ccccc1. The van der Waals surface area contributed by atoms with Crippen LogP contribution in [0.2, 0.25) is 0 Å². The van der Waals surface area contributed by atoms with Crippen molar-refractivity contribution in [3.63, 3.8) is 0 Å². The molecule has 106 valence electrons. The molecule has 0 bridgehead atoms. The zero-order valence-electron chi connectivity index (χ0n) is 11.2. The Balaban J connectivity index is 1.75. The van der Waals surface area contributed by atoms with Crippen LogP contribution in [0, 0.1) is 0 Å². The third-order valence-corrected chi connectivity index (χ3v) is 4.54. The van der Waals surface area contributed by atoms with Gasteiger partial charge in [-0.2, -0.15) is 0 Å². The molecule has 3 aromatic rings. The quantitative estimate of drug-likeness (QED) is 0.758. The Morgan fingerprint density at radius 2 is 1.95 bits per heavy atom. The van der Waals surface area contributed by atoms with Gasteiger partial charge in [-0.25, -0.2) is 4.98 Å². The van der Waals surface area contributed by atoms with Crippen LogP contribution in [0.5, 0.6) is 0 Å². The predicted octanol–water partition coefficient (Wildman–Crippen LogP) is 4.21. The lowest BCUT2D eigenvalue weighted by molar-refractivity contribution is 0.710. The summed E-state index contributed by atoms with van der Waals surface area (Å²) in [6.45, 7) is 0. The molecule has 0 spiro atoms. The van der Waals surface area contributed by atoms with E-state index in [4.69, 9.17) is 5.73 Å². The fraction of sp³-hybridized carbons (Fsp3) is 0.125. The highest BCUT2D eigenvalue weighted by Crippen LogP contribution is 2.25. The van der Waals surface area contributed by atoms with Gasteiger partial charge in [0.1, 0.15) is 5.01 Å². The Kier molecular flexibility index (Phi) is 4.43. The van der Waals surface area contributed by atoms with Gasteiger partial charge in [0.25, 0.3) is 0 Å². The van der Waals surface area contributed by atoms with Gasteiger partial charge in [-0.05, 0) is 33.6 Å². The first-order valence-electron chi connectivity index (χ1n) is 6.59. The molecule has 1 unspecified atom stereocenters. The van der Waals surface area contributed by atoms with E-state index in [1.807, 2.05) is 42.5 Å². The van der Waals surface area contributed by atoms with Crippen molar-refractivity contribution in [2.45, 2.75) is 12.5 Å². The van der Waals surface area contributed by atoms with Gasteiger partial charge in [-0.3, -0.25) is 4.98 Å². The highest BCUT2D eigenvalue weighted by molar-refractivity contribution is 9.10. The number of hydrogen-bond donors (Lipinski definition) is 1. The van der Waals surface area contributed by atoms with E-state index in [0.717, 1.165) is 32.9 Å². The van der Waals surface area contributed by atoms with Crippen molar-refractivity contribution in [1.29, 1.82) is 0 Å². The van der Waals surface area contributed by atoms with E-state index in [1.54, 1.807) is 17.5 Å². The summed E-state index contributed by atoms with van der Waals surface area (Å²) in [6.07, 6.45) is 2.52. The molecule has 0 aliphatic carbocycles. The van der Waals surface area contributed by atoms with Crippen LogP contribution in [0.15, 0.2) is 58.5 Å². The number of nitrogens with zero attached hydrogens (tertiary/aromatic N) is 2. The first-order chi connectivity index (χ1) is 10.2. The summed E-state index contributed by atoms with van der Waals surface area (Å²) in [7, 11) is 0. The van der Waals surface area contributed by atoms with Crippen molar-refractivity contribution in [3.05, 3.63) is 69.8 Å². The lowest BCUT2D eigenvalue weighted by Crippen LogP contribution is -2.13. The fourth-order valence-corrected chi connectivity index (χ4v) is 3.11. The molecule has 2 N–H and O–H groups in total. The number of nitrogens with two attached hydrogens (primary N) is 1. The molecule has 3 rings (SSSR count). The average molecular weight is 360 g/mol. The number of benzene rings is 1. The Morgan fingerprint density at radius 3 is 2.67 bits per heavy atom. The Hall–Kier alpha value is -1.56. The van der Waals surface area contributed by atoms with E-state index in [9.17, 15) is 0 Å². The standard InChI is InChI=1S/C16H14BrN3S/c17-12-6-7-15(19-9-12)16-20-13(10-21-16)8-14(18)11-4-2-1-3-5-11/h1-7,9-10,14H,8,18H2. The first-order valence-corrected chi connectivity index (χ1v) is 8.26. The maximum atomic E-state index is 6.24. The molecule has 1 atom stereocenters. The maximum Gasteiger partial charge on any atom is 0.142 e. The first kappa shape index (κ1) is 14.4. The minimum absolute atomic E-state index is 0.0287. The fourth-order valence-electron chi connectivity index (χ4n) is 2.06. The zero-order chi connectivity index (χ0) is 14.7. The van der Waals surface area contributed by atoms with E-state index in [-0.39, 0.29) is 6.04 Å². The van der Waals surface area contributed by atoms with Crippen molar-refractivity contribution in [3.8, 4) is 10.7 Å². The van der Waals surface area contributed by atoms with Gasteiger partial charge in [0, 0.05) is 28.5 Å². The van der Waals surface area contributed by atoms with Crippen LogP contribution >= 0.6 is 27.3 Å². The molecule has 3 nitrogen and oxygen atoms in total. The molecule has 2 heterocycles. The van der Waals surface area contributed by atoms with Crippen molar-refractivity contribution in [2.24, 2.45) is 5.73 Å². The van der Waals surface area contributed by atoms with Crippen LogP contribution in [0.4, 0.5) is 0 Å². The van der Waals surface area contributed by atoms with E-state index >= 15 is 0 Å². The molecular weight excluding hydrogens is 346 g/mol. The van der Waals surface area contributed by atoms with Gasteiger partial charge in [0.15, 0.2) is 0 Å². The van der Waals surface area contributed by atoms with Crippen LogP contribution in [-0.4, -0.2) is 9.97 Å². The van der Waals surface area contributed by atoms with Crippen LogP contribution < -0.4 is 5.73 Å². The molecule has 0 radical (unpaired) electrons. The monoisotopic (exact) mass is 359 g/mol. The molecule has 2 aromatic heterocycles. The number of rotatable bonds is 4. The number of hydrogen-bond acceptors (Lipinski definition) is 4. The van der Waals surface area contributed by atoms with Gasteiger partial charge < -0.3 is 5.73 Å². The minimum Gasteiger partial charge on any atom is -0.324 e. The summed E-state index contributed by atoms with van der Waals surface area (Å²) in [5.41, 5.74) is 9.27. The highest BCUT2D eigenvalue weighted by atomic mass is 79.9. The summed E-state index contributed by atoms with van der Waals surface area (Å²) < 4.78 is 0.967. The second-order valence-electron chi connectivity index (χ2n) is 4.73. The number of pyridine rings is 1. The van der Waals surface area contributed by atoms with E-state index < -0.39 is 0 Å². The summed E-state index contributed by atoms with van der Waals surface area (Å²) in [5.74, 6) is 0. The van der Waals surface area contributed by atoms with Crippen LogP contribution in [0.1, 0.15) is 17.3 Å². The summed E-state index contributed by atoms with van der Waals surface area (Å²) >= 11 is 4.99. The molecular formula is C16H14BrN3S. The molecule has 0 fully saturated rings. The molecule has 0 amide bonds. The van der Waals surface area contributed by atoms with Crippen LogP contribution in [-0.2, 0) is 6.42 Å². The van der Waals surface area contributed by atoms with Gasteiger partial charge in [0.05, 0.1) is 11.4 Å². The molecule has 5 heteroatoms. The number of thiazole rings is 1. The molecule has 1 aromatic carbocycles. The summed E-state index contributed by atoms with van der Waals surface area (Å²) in [6, 6.07) is 14.0. The van der Waals surface area contributed by atoms with Crippen LogP contribution in [0.25, 0.3) is 10.7 Å². The maximum absolute atomic E-state index is 6.24. The second-order valence-corrected chi connectivity index (χ2v) is 6.50. The number of halogens is 1. The van der Waals surface area contributed by atoms with E-state index in [0.29, 0.717) is 0 Å². The average Bonchev–Trinajstić information content (AvgIpc) is 2.97. The largest absolute Gasteiger partial charge is 0.324 e. The van der Waals surface area contributed by atoms with Gasteiger partial charge in [-0.1, -0.05) is 30.3 Å². The third-order valence-electron chi connectivity index (χ3n) is 3.16. The minimum atomic E-state index is -0.0287. The van der Waals surface area contributed by atoms with E-state index in [1.165, 1.54) is 0 Å². The third kappa shape index (κ3) is 3.56. The smallest absolute Gasteiger partial charge is 0.142 e. The van der Waals surface area contributed by atoms with Crippen LogP contribution in [0.3, 0.4) is 0 Å². The van der Waals surface area contributed by atoms with Crippen molar-refractivity contribution in [2.75, 3.05) is 0 Å². The van der Waals surface area contributed by atoms with Gasteiger partial charge in [-0.15, -0.1) is 11.3 Å². The zero-order valence-corrected chi connectivity index (χ0v) is 13.6. The molecule has 0 aliphatic rings. The Labute approximate surface area is 136 Å². The summed E-state index contributed by atoms with van der Waals surface area (Å²) in [5, 5.41) is 2.99. The summed E-state index contributed by atoms with van der Waals surface area (Å²) in [4.78, 5) is 9.01. The lowest BCUT2D eigenvalue weighted by Gasteiger charge is -2.09. The Bertz CT molecular complexity index is 710. The molecule has 0 aliphatic heterocycles. The van der Waals surface area contributed by atoms with Crippen molar-refractivity contribution in [1.82, 2.24) is 9.97 Å². The van der Waals surface area contributed by atoms with Crippen molar-refractivity contribution < 1.29 is 0 Å². The molecule has 0 saturated carbocycles. The molecule has 21 heavy (non-hydrogen) atoms. The lowest BCUT2D eigenvalue weighted by atomic mass is 10.0. The number of aromatic nitrogens is 2. The highest BCUT2D eigenvalue weighted by Gasteiger charge is 2.11. The normalized spacial score (nSPS) is 12.3. The second kappa shape index (κ2) is 6.47. The van der Waals surface area contributed by atoms with Gasteiger partial charge >= 0.3 is 0 Å². The topological polar surface area (TPSA) is 51.8 Å². The Morgan fingerprint density at radius 1 is 1.14 bits per heavy atom. The predicted molar refractivity (Wildman–Crippen MR) is 90.1 cm³/mol. The molecule has 0 saturated heterocycles. The van der Waals surface area contributed by atoms with Crippen molar-refractivity contribution >= 4 is 27.3 Å². The van der Waals surface area contributed by atoms with Gasteiger partial charge in [0.2, 0.25) is 0 Å².